The maximum absolute atomic E-state index is 14.4. The van der Waals surface area contributed by atoms with Crippen molar-refractivity contribution in [2.45, 2.75) is 28.5 Å². The monoisotopic (exact) mass is 685 g/mol. The van der Waals surface area contributed by atoms with Crippen molar-refractivity contribution < 1.29 is 33.4 Å². The van der Waals surface area contributed by atoms with Gasteiger partial charge in [0.2, 0.25) is 17.7 Å². The summed E-state index contributed by atoms with van der Waals surface area (Å²) in [5, 5.41) is 9.48. The normalized spacial score (nSPS) is 29.6. The predicted molar refractivity (Wildman–Crippen MR) is 176 cm³/mol. The molecule has 3 fully saturated rings. The highest BCUT2D eigenvalue weighted by atomic mass is 35.5. The number of halogens is 2. The number of amides is 4. The van der Waals surface area contributed by atoms with E-state index in [9.17, 15) is 24.3 Å². The van der Waals surface area contributed by atoms with Crippen molar-refractivity contribution in [1.82, 2.24) is 9.88 Å². The van der Waals surface area contributed by atoms with Gasteiger partial charge in [-0.3, -0.25) is 29.0 Å². The number of benzene rings is 3. The van der Waals surface area contributed by atoms with Crippen molar-refractivity contribution in [3.8, 4) is 17.2 Å². The summed E-state index contributed by atoms with van der Waals surface area (Å²) in [6.45, 7) is -0.264. The molecule has 4 aromatic rings. The predicted octanol–water partition coefficient (Wildman–Crippen LogP) is 5.06. The molecular formula is C36H29Cl2N3O7. The van der Waals surface area contributed by atoms with Gasteiger partial charge >= 0.3 is 0 Å². The van der Waals surface area contributed by atoms with E-state index in [1.165, 1.54) is 11.9 Å². The molecule has 6 unspecified atom stereocenters. The maximum atomic E-state index is 14.4. The largest absolute Gasteiger partial charge is 0.491 e. The van der Waals surface area contributed by atoms with Crippen molar-refractivity contribution in [3.63, 3.8) is 0 Å². The minimum Gasteiger partial charge on any atom is -0.491 e. The van der Waals surface area contributed by atoms with E-state index in [1.807, 2.05) is 30.3 Å². The highest BCUT2D eigenvalue weighted by Crippen LogP contribution is 2.66. The summed E-state index contributed by atoms with van der Waals surface area (Å²) in [5.41, 5.74) is 3.61. The Balaban J connectivity index is 1.18. The Morgan fingerprint density at radius 2 is 1.67 bits per heavy atom. The molecule has 2 saturated heterocycles. The minimum absolute atomic E-state index is 0.0157. The Labute approximate surface area is 284 Å². The topological polar surface area (TPSA) is 130 Å². The molecule has 12 heteroatoms. The highest BCUT2D eigenvalue weighted by Gasteiger charge is 2.76. The number of nitrogens with zero attached hydrogens (tertiary/aromatic N) is 3. The van der Waals surface area contributed by atoms with E-state index in [1.54, 1.807) is 48.5 Å². The number of oxazole rings is 1. The quantitative estimate of drug-likeness (QED) is 0.169. The molecule has 10 nitrogen and oxygen atoms in total. The molecule has 4 aliphatic rings. The number of alkyl halides is 2. The molecular weight excluding hydrogens is 657 g/mol. The number of ether oxygens (including phenoxy) is 1. The fraction of sp³-hybridized carbons (Fsp3) is 0.306. The van der Waals surface area contributed by atoms with Crippen LogP contribution in [0.15, 0.2) is 88.9 Å². The third-order valence-corrected chi connectivity index (χ3v) is 11.7. The van der Waals surface area contributed by atoms with Crippen LogP contribution in [0.1, 0.15) is 24.3 Å². The van der Waals surface area contributed by atoms with Crippen LogP contribution in [-0.4, -0.2) is 68.6 Å². The molecule has 6 atom stereocenters. The number of carbonyl (C=O) groups is 4. The van der Waals surface area contributed by atoms with Crippen LogP contribution in [0.25, 0.3) is 22.6 Å². The molecule has 8 rings (SSSR count). The zero-order chi connectivity index (χ0) is 33.5. The summed E-state index contributed by atoms with van der Waals surface area (Å²) in [5.74, 6) is -4.46. The zero-order valence-electron chi connectivity index (χ0n) is 25.6. The van der Waals surface area contributed by atoms with E-state index in [4.69, 9.17) is 32.4 Å². The molecule has 1 N–H and O–H groups in total. The molecule has 1 saturated carbocycles. The van der Waals surface area contributed by atoms with Crippen molar-refractivity contribution in [3.05, 3.63) is 90.0 Å². The number of allylic oxidation sites excluding steroid dienone is 2. The smallest absolute Gasteiger partial charge is 0.253 e. The third kappa shape index (κ3) is 4.12. The van der Waals surface area contributed by atoms with Gasteiger partial charge in [-0.05, 0) is 61.2 Å². The molecule has 48 heavy (non-hydrogen) atoms. The third-order valence-electron chi connectivity index (χ3n) is 10.3. The Morgan fingerprint density at radius 1 is 0.938 bits per heavy atom. The van der Waals surface area contributed by atoms with Crippen molar-refractivity contribution >= 4 is 63.6 Å². The molecule has 4 amide bonds. The standard InChI is InChI=1S/C36H29Cl2N3O7/c1-40-33(45)35(37)18-24-21(29(36(35,38)34(40)46)22-6-2-4-8-26(22)47-17-16-42)14-15-23-28(24)32(44)41(31(23)43)20-12-10-19(11-13-20)30-39-25-7-3-5-9-27(25)48-30/h2-14,23-24,28-29,42H,15-18H2,1H3. The molecule has 1 aromatic heterocycles. The van der Waals surface area contributed by atoms with Gasteiger partial charge in [0, 0.05) is 24.1 Å². The summed E-state index contributed by atoms with van der Waals surface area (Å²) in [4.78, 5) is 58.8. The fourth-order valence-corrected chi connectivity index (χ4v) is 9.11. The first-order valence-electron chi connectivity index (χ1n) is 15.7. The maximum Gasteiger partial charge on any atom is 0.253 e. The fourth-order valence-electron chi connectivity index (χ4n) is 8.10. The summed E-state index contributed by atoms with van der Waals surface area (Å²) < 4.78 is 11.7. The van der Waals surface area contributed by atoms with E-state index >= 15 is 0 Å². The van der Waals surface area contributed by atoms with Crippen LogP contribution < -0.4 is 9.64 Å². The van der Waals surface area contributed by atoms with Gasteiger partial charge in [0.15, 0.2) is 15.3 Å². The van der Waals surface area contributed by atoms with Crippen molar-refractivity contribution in [2.75, 3.05) is 25.2 Å². The van der Waals surface area contributed by atoms with Crippen LogP contribution in [0.5, 0.6) is 5.75 Å². The first kappa shape index (κ1) is 30.8. The summed E-state index contributed by atoms with van der Waals surface area (Å²) in [6, 6.07) is 21.2. The Morgan fingerprint density at radius 3 is 2.42 bits per heavy atom. The molecule has 2 aliphatic carbocycles. The van der Waals surface area contributed by atoms with Gasteiger partial charge in [0.25, 0.3) is 11.8 Å². The van der Waals surface area contributed by atoms with Gasteiger partial charge in [-0.1, -0.05) is 42.0 Å². The second kappa shape index (κ2) is 11.0. The molecule has 3 heterocycles. The number of rotatable bonds is 6. The number of imide groups is 2. The number of likely N-dealkylation sites (tertiary alicyclic amines) is 1. The minimum atomic E-state index is -1.93. The SMILES string of the molecule is CN1C(=O)C2(Cl)CC3C(=CCC4C(=O)N(c5ccc(-c6nc7ccccc7o6)cc5)C(=O)C43)C(c3ccccc3OCCO)C2(Cl)C1=O. The molecule has 0 spiro atoms. The van der Waals surface area contributed by atoms with E-state index in [0.717, 1.165) is 4.90 Å². The van der Waals surface area contributed by atoms with E-state index in [-0.39, 0.29) is 32.0 Å². The van der Waals surface area contributed by atoms with Gasteiger partial charge in [0.05, 0.1) is 24.1 Å². The van der Waals surface area contributed by atoms with Crippen LogP contribution in [-0.2, 0) is 19.2 Å². The van der Waals surface area contributed by atoms with E-state index in [2.05, 4.69) is 4.98 Å². The second-order valence-corrected chi connectivity index (χ2v) is 13.9. The van der Waals surface area contributed by atoms with Crippen LogP contribution in [0.2, 0.25) is 0 Å². The summed E-state index contributed by atoms with van der Waals surface area (Å²) in [7, 11) is 1.35. The lowest BCUT2D eigenvalue weighted by atomic mass is 9.56. The molecule has 244 valence electrons. The van der Waals surface area contributed by atoms with E-state index < -0.39 is 51.1 Å². The lowest BCUT2D eigenvalue weighted by molar-refractivity contribution is -0.138. The number of carbonyl (C=O) groups excluding carboxylic acids is 4. The lowest BCUT2D eigenvalue weighted by Gasteiger charge is -2.51. The average Bonchev–Trinajstić information content (AvgIpc) is 3.68. The molecule has 2 aliphatic heterocycles. The van der Waals surface area contributed by atoms with Gasteiger partial charge in [-0.2, -0.15) is 0 Å². The summed E-state index contributed by atoms with van der Waals surface area (Å²) in [6.07, 6.45) is 2.00. The Hall–Kier alpha value is -4.51. The second-order valence-electron chi connectivity index (χ2n) is 12.7. The number of aliphatic hydroxyl groups excluding tert-OH is 1. The molecule has 0 radical (unpaired) electrons. The van der Waals surface area contributed by atoms with Crippen LogP contribution in [0, 0.1) is 17.8 Å². The van der Waals surface area contributed by atoms with E-state index in [0.29, 0.717) is 45.1 Å². The van der Waals surface area contributed by atoms with Crippen LogP contribution in [0.4, 0.5) is 5.69 Å². The number of para-hydroxylation sites is 3. The lowest BCUT2D eigenvalue weighted by Crippen LogP contribution is -2.60. The number of aliphatic hydroxyl groups is 1. The van der Waals surface area contributed by atoms with Gasteiger partial charge in [0.1, 0.15) is 17.9 Å². The molecule has 3 aromatic carbocycles. The molecule has 0 bridgehead atoms. The Kier molecular flexibility index (Phi) is 7.07. The zero-order valence-corrected chi connectivity index (χ0v) is 27.1. The first-order valence-corrected chi connectivity index (χ1v) is 16.4. The number of hydrogen-bond donors (Lipinski definition) is 1. The number of anilines is 1. The van der Waals surface area contributed by atoms with Crippen LogP contribution >= 0.6 is 23.2 Å². The Bertz CT molecular complexity index is 2030. The van der Waals surface area contributed by atoms with Crippen molar-refractivity contribution in [1.29, 1.82) is 0 Å². The summed E-state index contributed by atoms with van der Waals surface area (Å²) >= 11 is 14.6. The average molecular weight is 687 g/mol. The number of aromatic nitrogens is 1. The van der Waals surface area contributed by atoms with Crippen molar-refractivity contribution in [2.24, 2.45) is 17.8 Å². The number of hydrogen-bond acceptors (Lipinski definition) is 8. The highest BCUT2D eigenvalue weighted by molar-refractivity contribution is 6.53. The van der Waals surface area contributed by atoms with Crippen LogP contribution in [0.3, 0.4) is 0 Å². The first-order chi connectivity index (χ1) is 23.1. The van der Waals surface area contributed by atoms with Gasteiger partial charge < -0.3 is 14.3 Å². The van der Waals surface area contributed by atoms with Gasteiger partial charge in [-0.25, -0.2) is 4.98 Å². The van der Waals surface area contributed by atoms with Gasteiger partial charge in [-0.15, -0.1) is 23.2 Å². The number of fused-ring (bicyclic) bond motifs is 5.